The number of aromatic hydroxyl groups is 2. The number of fused-ring (bicyclic) bond motifs is 1. The lowest BCUT2D eigenvalue weighted by Gasteiger charge is -2.13. The summed E-state index contributed by atoms with van der Waals surface area (Å²) in [6.45, 7) is 8.25. The van der Waals surface area contributed by atoms with Crippen molar-refractivity contribution in [3.63, 3.8) is 0 Å². The summed E-state index contributed by atoms with van der Waals surface area (Å²) in [7, 11) is 0. The molecule has 1 aromatic carbocycles. The van der Waals surface area contributed by atoms with Crippen molar-refractivity contribution >= 4 is 10.8 Å². The Hall–Kier alpha value is -1.77. The van der Waals surface area contributed by atoms with E-state index in [2.05, 4.69) is 18.4 Å². The van der Waals surface area contributed by atoms with Crippen molar-refractivity contribution in [2.24, 2.45) is 0 Å². The summed E-state index contributed by atoms with van der Waals surface area (Å²) in [5.74, 6) is 0.107. The van der Waals surface area contributed by atoms with Crippen molar-refractivity contribution in [1.82, 2.24) is 0 Å². The van der Waals surface area contributed by atoms with E-state index in [-0.39, 0.29) is 17.4 Å². The molecule has 3 nitrogen and oxygen atoms in total. The third-order valence-corrected chi connectivity index (χ3v) is 3.27. The monoisotopic (exact) mass is 246 g/mol. The largest absolute Gasteiger partial charge is 0.504 e. The van der Waals surface area contributed by atoms with Crippen LogP contribution in [-0.4, -0.2) is 10.2 Å². The number of pyridine rings is 1. The summed E-state index contributed by atoms with van der Waals surface area (Å²) in [6.07, 6.45) is 4.03. The number of hydrogen-bond donors (Lipinski definition) is 2. The molecule has 0 saturated carbocycles. The Morgan fingerprint density at radius 3 is 2.33 bits per heavy atom. The minimum atomic E-state index is -0.0477. The van der Waals surface area contributed by atoms with Crippen molar-refractivity contribution in [3.8, 4) is 11.5 Å². The average Bonchev–Trinajstić information content (AvgIpc) is 2.29. The van der Waals surface area contributed by atoms with E-state index < -0.39 is 0 Å². The molecule has 0 fully saturated rings. The summed E-state index contributed by atoms with van der Waals surface area (Å²) in [4.78, 5) is 0. The van der Waals surface area contributed by atoms with Crippen molar-refractivity contribution in [2.75, 3.05) is 0 Å². The highest BCUT2D eigenvalue weighted by molar-refractivity contribution is 5.89. The van der Waals surface area contributed by atoms with Crippen LogP contribution in [0.5, 0.6) is 11.5 Å². The van der Waals surface area contributed by atoms with Crippen molar-refractivity contribution < 1.29 is 14.8 Å². The van der Waals surface area contributed by atoms with E-state index in [9.17, 15) is 10.2 Å². The topological polar surface area (TPSA) is 44.3 Å². The third-order valence-electron chi connectivity index (χ3n) is 3.27. The van der Waals surface area contributed by atoms with Crippen molar-refractivity contribution in [1.29, 1.82) is 0 Å². The Bertz CT molecular complexity index is 589. The fraction of sp³-hybridized carbons (Fsp3) is 0.400. The molecule has 0 unspecified atom stereocenters. The van der Waals surface area contributed by atoms with E-state index in [1.54, 1.807) is 6.07 Å². The van der Waals surface area contributed by atoms with Gasteiger partial charge in [0.1, 0.15) is 0 Å². The number of phenols is 2. The molecule has 0 saturated heterocycles. The maximum absolute atomic E-state index is 10.0. The molecule has 0 spiro atoms. The molecule has 3 heteroatoms. The lowest BCUT2D eigenvalue weighted by Crippen LogP contribution is -2.35. The smallest absolute Gasteiger partial charge is 0.177 e. The lowest BCUT2D eigenvalue weighted by molar-refractivity contribution is -0.715. The Morgan fingerprint density at radius 2 is 1.78 bits per heavy atom. The van der Waals surface area contributed by atoms with Gasteiger partial charge in [-0.15, -0.1) is 0 Å². The standard InChI is InChI=1S/C15H19NO2/c1-9(2)14-12-8-16(10(3)4)6-5-11(12)7-13(17)15(14)18/h5-10,18H,1-4H3/p+1. The van der Waals surface area contributed by atoms with Crippen LogP contribution in [0, 0.1) is 0 Å². The van der Waals surface area contributed by atoms with Crippen LogP contribution in [0.2, 0.25) is 0 Å². The van der Waals surface area contributed by atoms with E-state index >= 15 is 0 Å². The minimum absolute atomic E-state index is 0.000920. The van der Waals surface area contributed by atoms with Crippen LogP contribution in [0.25, 0.3) is 10.8 Å². The molecule has 0 aliphatic rings. The molecule has 18 heavy (non-hydrogen) atoms. The summed E-state index contributed by atoms with van der Waals surface area (Å²) < 4.78 is 2.10. The SMILES string of the molecule is CC(C)c1c(O)c(O)cc2cc[n+](C(C)C)cc12. The average molecular weight is 246 g/mol. The van der Waals surface area contributed by atoms with E-state index in [1.807, 2.05) is 32.3 Å². The molecule has 2 aromatic rings. The zero-order valence-electron chi connectivity index (χ0n) is 11.3. The second-order valence-corrected chi connectivity index (χ2v) is 5.30. The molecule has 1 aromatic heterocycles. The highest BCUT2D eigenvalue weighted by Gasteiger charge is 2.18. The Morgan fingerprint density at radius 1 is 1.11 bits per heavy atom. The summed E-state index contributed by atoms with van der Waals surface area (Å²) in [5, 5.41) is 21.8. The Labute approximate surface area is 107 Å². The Balaban J connectivity index is 2.82. The molecule has 0 bridgehead atoms. The van der Waals surface area contributed by atoms with Gasteiger partial charge < -0.3 is 10.2 Å². The van der Waals surface area contributed by atoms with Crippen LogP contribution < -0.4 is 4.57 Å². The first-order chi connectivity index (χ1) is 8.41. The van der Waals surface area contributed by atoms with Gasteiger partial charge in [-0.1, -0.05) is 13.8 Å². The Kier molecular flexibility index (Phi) is 3.16. The fourth-order valence-corrected chi connectivity index (χ4v) is 2.26. The number of nitrogens with zero attached hydrogens (tertiary/aromatic N) is 1. The van der Waals surface area contributed by atoms with Gasteiger partial charge in [-0.3, -0.25) is 0 Å². The third kappa shape index (κ3) is 2.01. The van der Waals surface area contributed by atoms with Gasteiger partial charge in [0, 0.05) is 11.6 Å². The van der Waals surface area contributed by atoms with Gasteiger partial charge in [-0.2, -0.15) is 0 Å². The molecule has 0 radical (unpaired) electrons. The molecule has 0 atom stereocenters. The molecule has 0 aliphatic carbocycles. The maximum Gasteiger partial charge on any atom is 0.177 e. The minimum Gasteiger partial charge on any atom is -0.504 e. The number of rotatable bonds is 2. The van der Waals surface area contributed by atoms with Crippen molar-refractivity contribution in [3.05, 3.63) is 30.1 Å². The molecular formula is C15H20NO2+. The van der Waals surface area contributed by atoms with Crippen LogP contribution in [0.3, 0.4) is 0 Å². The first kappa shape index (κ1) is 12.7. The highest BCUT2D eigenvalue weighted by Crippen LogP contribution is 2.39. The van der Waals surface area contributed by atoms with E-state index in [0.29, 0.717) is 6.04 Å². The quantitative estimate of drug-likeness (QED) is 0.631. The number of aromatic nitrogens is 1. The van der Waals surface area contributed by atoms with E-state index in [1.165, 1.54) is 0 Å². The van der Waals surface area contributed by atoms with Crippen LogP contribution in [0.15, 0.2) is 24.5 Å². The number of phenolic OH excluding ortho intramolecular Hbond substituents is 2. The second kappa shape index (κ2) is 4.48. The first-order valence-electron chi connectivity index (χ1n) is 6.31. The molecule has 2 N–H and O–H groups in total. The lowest BCUT2D eigenvalue weighted by atomic mass is 9.95. The van der Waals surface area contributed by atoms with Crippen LogP contribution in [0.1, 0.15) is 45.2 Å². The predicted molar refractivity (Wildman–Crippen MR) is 71.9 cm³/mol. The molecule has 1 heterocycles. The number of benzene rings is 1. The summed E-state index contributed by atoms with van der Waals surface area (Å²) >= 11 is 0. The molecule has 0 amide bonds. The normalized spacial score (nSPS) is 11.7. The molecule has 0 aliphatic heterocycles. The van der Waals surface area contributed by atoms with E-state index in [4.69, 9.17) is 0 Å². The zero-order valence-corrected chi connectivity index (χ0v) is 11.3. The summed E-state index contributed by atoms with van der Waals surface area (Å²) in [6, 6.07) is 3.95. The second-order valence-electron chi connectivity index (χ2n) is 5.30. The van der Waals surface area contributed by atoms with Gasteiger partial charge in [0.2, 0.25) is 0 Å². The van der Waals surface area contributed by atoms with Gasteiger partial charge in [-0.05, 0) is 31.2 Å². The predicted octanol–water partition coefficient (Wildman–Crippen LogP) is 3.24. The first-order valence-corrected chi connectivity index (χ1v) is 6.31. The van der Waals surface area contributed by atoms with Crippen LogP contribution >= 0.6 is 0 Å². The number of hydrogen-bond acceptors (Lipinski definition) is 2. The molecular weight excluding hydrogens is 226 g/mol. The van der Waals surface area contributed by atoms with Gasteiger partial charge in [0.25, 0.3) is 0 Å². The van der Waals surface area contributed by atoms with Gasteiger partial charge in [-0.25, -0.2) is 4.57 Å². The maximum atomic E-state index is 10.0. The van der Waals surface area contributed by atoms with Gasteiger partial charge >= 0.3 is 0 Å². The van der Waals surface area contributed by atoms with Crippen LogP contribution in [0.4, 0.5) is 0 Å². The summed E-state index contributed by atoms with van der Waals surface area (Å²) in [5.41, 5.74) is 0.806. The fourth-order valence-electron chi connectivity index (χ4n) is 2.26. The van der Waals surface area contributed by atoms with Gasteiger partial charge in [0.15, 0.2) is 29.9 Å². The molecule has 96 valence electrons. The van der Waals surface area contributed by atoms with Gasteiger partial charge in [0.05, 0.1) is 5.39 Å². The van der Waals surface area contributed by atoms with Crippen LogP contribution in [-0.2, 0) is 0 Å². The highest BCUT2D eigenvalue weighted by atomic mass is 16.3. The van der Waals surface area contributed by atoms with Crippen molar-refractivity contribution in [2.45, 2.75) is 39.7 Å². The molecule has 2 rings (SSSR count). The zero-order chi connectivity index (χ0) is 13.4. The van der Waals surface area contributed by atoms with E-state index in [0.717, 1.165) is 16.3 Å².